The van der Waals surface area contributed by atoms with Gasteiger partial charge >= 0.3 is 0 Å². The van der Waals surface area contributed by atoms with Crippen molar-refractivity contribution >= 4 is 28.2 Å². The largest absolute Gasteiger partial charge is 0.493 e. The molecule has 1 fully saturated rings. The number of fused-ring (bicyclic) bond motifs is 1. The van der Waals surface area contributed by atoms with Crippen molar-refractivity contribution in [2.45, 2.75) is 38.9 Å². The van der Waals surface area contributed by atoms with Crippen LogP contribution in [0, 0.1) is 6.92 Å². The third-order valence-electron chi connectivity index (χ3n) is 6.65. The normalized spacial score (nSPS) is 16.2. The summed E-state index contributed by atoms with van der Waals surface area (Å²) in [4.78, 5) is 18.9. The van der Waals surface area contributed by atoms with Gasteiger partial charge < -0.3 is 35.6 Å². The highest BCUT2D eigenvalue weighted by Crippen LogP contribution is 2.38. The van der Waals surface area contributed by atoms with E-state index in [9.17, 15) is 15.0 Å². The van der Waals surface area contributed by atoms with Crippen LogP contribution in [0.15, 0.2) is 36.5 Å². The highest BCUT2D eigenvalue weighted by atomic mass is 16.5. The van der Waals surface area contributed by atoms with E-state index in [0.717, 1.165) is 49.2 Å². The van der Waals surface area contributed by atoms with Gasteiger partial charge in [0.25, 0.3) is 5.91 Å². The Kier molecular flexibility index (Phi) is 8.25. The van der Waals surface area contributed by atoms with Gasteiger partial charge in [-0.15, -0.1) is 0 Å². The highest BCUT2D eigenvalue weighted by molar-refractivity contribution is 6.08. The van der Waals surface area contributed by atoms with E-state index < -0.39 is 5.91 Å². The molecule has 2 heterocycles. The molecule has 1 aliphatic rings. The monoisotopic (exact) mass is 494 g/mol. The number of piperidine rings is 1. The number of nitrogens with one attached hydrogen (secondary N) is 1. The molecule has 1 unspecified atom stereocenters. The molecule has 0 saturated carbocycles. The molecule has 1 aliphatic heterocycles. The van der Waals surface area contributed by atoms with Crippen molar-refractivity contribution in [2.24, 2.45) is 5.73 Å². The number of carbonyl (C=O) groups excluding carboxylic acids is 1. The standard InChI is InChI=1S/C27H34N4O5/c1-17-18(16-32)6-3-8-22(17)30-26-20-12-24(35-2)25(13-23(20)29-14-21(26)27(28)34)36-11-5-10-31-9-4-7-19(33)15-31/h3,6,8,12-14,19,32-33H,4-5,7,9-11,15-16H2,1-2H3,(H2,28,34)(H,29,30). The molecule has 5 N–H and O–H groups in total. The van der Waals surface area contributed by atoms with Gasteiger partial charge in [0.15, 0.2) is 11.5 Å². The lowest BCUT2D eigenvalue weighted by Crippen LogP contribution is -2.39. The number of primary amides is 1. The smallest absolute Gasteiger partial charge is 0.252 e. The van der Waals surface area contributed by atoms with Crippen molar-refractivity contribution in [2.75, 3.05) is 38.7 Å². The Morgan fingerprint density at radius 2 is 2.14 bits per heavy atom. The Hall–Kier alpha value is -3.40. The molecule has 192 valence electrons. The van der Waals surface area contributed by atoms with Crippen LogP contribution in [0.1, 0.15) is 40.7 Å². The summed E-state index contributed by atoms with van der Waals surface area (Å²) in [5.74, 6) is 0.473. The van der Waals surface area contributed by atoms with Crippen LogP contribution in [-0.2, 0) is 6.61 Å². The Morgan fingerprint density at radius 3 is 2.86 bits per heavy atom. The molecule has 9 heteroatoms. The third kappa shape index (κ3) is 5.70. The van der Waals surface area contributed by atoms with Crippen molar-refractivity contribution in [1.82, 2.24) is 9.88 Å². The predicted molar refractivity (Wildman–Crippen MR) is 139 cm³/mol. The number of anilines is 2. The van der Waals surface area contributed by atoms with Crippen LogP contribution >= 0.6 is 0 Å². The van der Waals surface area contributed by atoms with E-state index in [2.05, 4.69) is 15.2 Å². The number of ether oxygens (including phenoxy) is 2. The Balaban J connectivity index is 1.60. The molecule has 0 bridgehead atoms. The number of methoxy groups -OCH3 is 1. The second-order valence-electron chi connectivity index (χ2n) is 9.10. The number of carbonyl (C=O) groups is 1. The molecular weight excluding hydrogens is 460 g/mol. The maximum Gasteiger partial charge on any atom is 0.252 e. The zero-order chi connectivity index (χ0) is 25.7. The lowest BCUT2D eigenvalue weighted by Gasteiger charge is -2.29. The van der Waals surface area contributed by atoms with Gasteiger partial charge in [-0.05, 0) is 56.0 Å². The number of aliphatic hydroxyl groups excluding tert-OH is 2. The molecule has 36 heavy (non-hydrogen) atoms. The zero-order valence-corrected chi connectivity index (χ0v) is 20.8. The number of aliphatic hydroxyl groups is 2. The van der Waals surface area contributed by atoms with Crippen molar-refractivity contribution in [3.05, 3.63) is 53.2 Å². The first-order valence-corrected chi connectivity index (χ1v) is 12.2. The van der Waals surface area contributed by atoms with Crippen molar-refractivity contribution in [3.63, 3.8) is 0 Å². The first-order chi connectivity index (χ1) is 17.4. The number of nitrogens with zero attached hydrogens (tertiary/aromatic N) is 2. The molecular formula is C27H34N4O5. The summed E-state index contributed by atoms with van der Waals surface area (Å²) in [6.45, 7) is 4.87. The first-order valence-electron chi connectivity index (χ1n) is 12.2. The summed E-state index contributed by atoms with van der Waals surface area (Å²) in [6, 6.07) is 9.15. The maximum atomic E-state index is 12.2. The van der Waals surface area contributed by atoms with Crippen LogP contribution in [0.5, 0.6) is 11.5 Å². The molecule has 0 radical (unpaired) electrons. The van der Waals surface area contributed by atoms with Gasteiger partial charge in [-0.3, -0.25) is 9.78 Å². The van der Waals surface area contributed by atoms with Gasteiger partial charge in [-0.1, -0.05) is 12.1 Å². The molecule has 0 aliphatic carbocycles. The predicted octanol–water partition coefficient (Wildman–Crippen LogP) is 3.11. The van der Waals surface area contributed by atoms with Crippen LogP contribution in [-0.4, -0.2) is 65.5 Å². The van der Waals surface area contributed by atoms with Crippen LogP contribution in [0.25, 0.3) is 10.9 Å². The highest BCUT2D eigenvalue weighted by Gasteiger charge is 2.19. The lowest BCUT2D eigenvalue weighted by atomic mass is 10.0. The fourth-order valence-corrected chi connectivity index (χ4v) is 4.62. The van der Waals surface area contributed by atoms with Gasteiger partial charge in [0.05, 0.1) is 43.2 Å². The second kappa shape index (κ2) is 11.6. The van der Waals surface area contributed by atoms with Crippen molar-refractivity contribution < 1.29 is 24.5 Å². The summed E-state index contributed by atoms with van der Waals surface area (Å²) >= 11 is 0. The van der Waals surface area contributed by atoms with E-state index in [4.69, 9.17) is 15.2 Å². The average Bonchev–Trinajstić information content (AvgIpc) is 2.87. The molecule has 1 saturated heterocycles. The minimum absolute atomic E-state index is 0.0893. The van der Waals surface area contributed by atoms with E-state index in [1.165, 1.54) is 6.20 Å². The minimum Gasteiger partial charge on any atom is -0.493 e. The molecule has 9 nitrogen and oxygen atoms in total. The van der Waals surface area contributed by atoms with Crippen molar-refractivity contribution in [3.8, 4) is 11.5 Å². The van der Waals surface area contributed by atoms with Gasteiger partial charge in [0, 0.05) is 36.4 Å². The molecule has 3 aromatic rings. The number of aromatic nitrogens is 1. The van der Waals surface area contributed by atoms with E-state index in [1.54, 1.807) is 19.2 Å². The average molecular weight is 495 g/mol. The number of benzene rings is 2. The topological polar surface area (TPSA) is 130 Å². The molecule has 1 aromatic heterocycles. The number of β-amino-alcohol motifs (C(OH)–C–C–N with tert-alkyl or cyclic N) is 1. The second-order valence-corrected chi connectivity index (χ2v) is 9.10. The van der Waals surface area contributed by atoms with Crippen LogP contribution in [0.3, 0.4) is 0 Å². The van der Waals surface area contributed by atoms with E-state index in [1.807, 2.05) is 25.1 Å². The molecule has 0 spiro atoms. The Labute approximate surface area is 210 Å². The SMILES string of the molecule is COc1cc2c(Nc3cccc(CO)c3C)c(C(N)=O)cnc2cc1OCCCN1CCCC(O)C1. The van der Waals surface area contributed by atoms with Gasteiger partial charge in [-0.2, -0.15) is 0 Å². The first kappa shape index (κ1) is 25.7. The molecule has 1 amide bonds. The number of nitrogens with two attached hydrogens (primary N) is 1. The molecule has 1 atom stereocenters. The van der Waals surface area contributed by atoms with Crippen LogP contribution in [0.2, 0.25) is 0 Å². The lowest BCUT2D eigenvalue weighted by molar-refractivity contribution is 0.0678. The third-order valence-corrected chi connectivity index (χ3v) is 6.65. The number of hydrogen-bond donors (Lipinski definition) is 4. The Bertz CT molecular complexity index is 1230. The van der Waals surface area contributed by atoms with E-state index >= 15 is 0 Å². The summed E-state index contributed by atoms with van der Waals surface area (Å²) in [7, 11) is 1.57. The molecule has 2 aromatic carbocycles. The summed E-state index contributed by atoms with van der Waals surface area (Å²) in [6.07, 6.45) is 3.91. The summed E-state index contributed by atoms with van der Waals surface area (Å²) < 4.78 is 11.7. The van der Waals surface area contributed by atoms with Crippen molar-refractivity contribution in [1.29, 1.82) is 0 Å². The van der Waals surface area contributed by atoms with Crippen LogP contribution < -0.4 is 20.5 Å². The molecule has 4 rings (SSSR count). The van der Waals surface area contributed by atoms with Gasteiger partial charge in [-0.25, -0.2) is 0 Å². The number of rotatable bonds is 10. The zero-order valence-electron chi connectivity index (χ0n) is 20.8. The number of pyridine rings is 1. The van der Waals surface area contributed by atoms with E-state index in [0.29, 0.717) is 41.2 Å². The van der Waals surface area contributed by atoms with E-state index in [-0.39, 0.29) is 18.3 Å². The number of amides is 1. The summed E-state index contributed by atoms with van der Waals surface area (Å²) in [5, 5.41) is 23.5. The maximum absolute atomic E-state index is 12.2. The summed E-state index contributed by atoms with van der Waals surface area (Å²) in [5.41, 5.74) is 9.45. The fourth-order valence-electron chi connectivity index (χ4n) is 4.62. The number of hydrogen-bond acceptors (Lipinski definition) is 8. The quantitative estimate of drug-likeness (QED) is 0.316. The minimum atomic E-state index is -0.606. The van der Waals surface area contributed by atoms with Gasteiger partial charge in [0.1, 0.15) is 0 Å². The fraction of sp³-hybridized carbons (Fsp3) is 0.407. The van der Waals surface area contributed by atoms with Crippen LogP contribution in [0.4, 0.5) is 11.4 Å². The number of likely N-dealkylation sites (tertiary alicyclic amines) is 1. The Morgan fingerprint density at radius 1 is 1.31 bits per heavy atom. The van der Waals surface area contributed by atoms with Gasteiger partial charge in [0.2, 0.25) is 0 Å².